The number of halogens is 1. The van der Waals surface area contributed by atoms with E-state index in [2.05, 4.69) is 27.2 Å². The highest BCUT2D eigenvalue weighted by atomic mass is 19.1. The first-order chi connectivity index (χ1) is 21.0. The van der Waals surface area contributed by atoms with Crippen LogP contribution < -0.4 is 15.0 Å². The molecule has 9 heteroatoms. The summed E-state index contributed by atoms with van der Waals surface area (Å²) in [4.78, 5) is 33.2. The van der Waals surface area contributed by atoms with Crippen molar-refractivity contribution in [2.45, 2.75) is 18.6 Å². The van der Waals surface area contributed by atoms with Gasteiger partial charge in [-0.2, -0.15) is 0 Å². The van der Waals surface area contributed by atoms with Gasteiger partial charge in [0.25, 0.3) is 0 Å². The van der Waals surface area contributed by atoms with Crippen LogP contribution in [0.4, 0.5) is 20.6 Å². The van der Waals surface area contributed by atoms with E-state index in [1.54, 1.807) is 30.2 Å². The SMILES string of the molecule is COc1ccc(N2CCN([C@@H]3CN(C(=O)Nc4ccc(F)cc4)CC[C@H]3OC(=O)c3cccc4ccccc34)CC2)cc1. The summed E-state index contributed by atoms with van der Waals surface area (Å²) in [6.07, 6.45) is 0.130. The van der Waals surface area contributed by atoms with Crippen LogP contribution in [0.15, 0.2) is 91.0 Å². The molecule has 6 rings (SSSR count). The van der Waals surface area contributed by atoms with E-state index in [1.165, 1.54) is 12.1 Å². The van der Waals surface area contributed by atoms with Gasteiger partial charge in [-0.15, -0.1) is 0 Å². The van der Waals surface area contributed by atoms with Gasteiger partial charge in [-0.25, -0.2) is 14.0 Å². The van der Waals surface area contributed by atoms with Gasteiger partial charge in [-0.1, -0.05) is 36.4 Å². The first-order valence-electron chi connectivity index (χ1n) is 14.6. The summed E-state index contributed by atoms with van der Waals surface area (Å²) in [5, 5.41) is 4.72. The van der Waals surface area contributed by atoms with E-state index in [0.717, 1.165) is 48.4 Å². The first kappa shape index (κ1) is 28.5. The van der Waals surface area contributed by atoms with Crippen LogP contribution in [0.3, 0.4) is 0 Å². The number of piperazine rings is 1. The Bertz CT molecular complexity index is 1570. The number of carbonyl (C=O) groups excluding carboxylic acids is 2. The van der Waals surface area contributed by atoms with Crippen molar-refractivity contribution in [3.05, 3.63) is 102 Å². The van der Waals surface area contributed by atoms with Gasteiger partial charge in [0, 0.05) is 57.1 Å². The molecule has 0 aromatic heterocycles. The number of rotatable bonds is 6. The molecule has 43 heavy (non-hydrogen) atoms. The number of hydrogen-bond acceptors (Lipinski definition) is 6. The average Bonchev–Trinajstić information content (AvgIpc) is 3.06. The number of fused-ring (bicyclic) bond motifs is 1. The van der Waals surface area contributed by atoms with Crippen LogP contribution in [0.1, 0.15) is 16.8 Å². The van der Waals surface area contributed by atoms with Gasteiger partial charge < -0.3 is 24.6 Å². The number of carbonyl (C=O) groups is 2. The van der Waals surface area contributed by atoms with Crippen LogP contribution >= 0.6 is 0 Å². The summed E-state index contributed by atoms with van der Waals surface area (Å²) in [6, 6.07) is 26.8. The number of urea groups is 1. The molecule has 0 unspecified atom stereocenters. The number of amides is 2. The number of nitrogens with zero attached hydrogens (tertiary/aromatic N) is 3. The van der Waals surface area contributed by atoms with Crippen LogP contribution in [0.2, 0.25) is 0 Å². The summed E-state index contributed by atoms with van der Waals surface area (Å²) in [6.45, 7) is 3.95. The van der Waals surface area contributed by atoms with Crippen molar-refractivity contribution < 1.29 is 23.5 Å². The van der Waals surface area contributed by atoms with Gasteiger partial charge in [0.15, 0.2) is 0 Å². The van der Waals surface area contributed by atoms with Gasteiger partial charge in [0.05, 0.1) is 18.7 Å². The third-order valence-corrected chi connectivity index (χ3v) is 8.39. The molecule has 2 atom stereocenters. The number of esters is 1. The standard InChI is InChI=1S/C34H35FN4O4/c1-42-28-15-13-27(14-16-28)37-19-21-38(22-20-37)31-23-39(34(41)36-26-11-9-25(35)10-12-26)18-17-32(31)43-33(40)30-8-4-6-24-5-2-3-7-29(24)30/h2-16,31-32H,17-23H2,1H3,(H,36,41)/t31-,32-/m1/s1. The Balaban J connectivity index is 1.18. The third kappa shape index (κ3) is 6.41. The molecule has 4 aromatic carbocycles. The Labute approximate surface area is 250 Å². The number of ether oxygens (including phenoxy) is 2. The highest BCUT2D eigenvalue weighted by Gasteiger charge is 2.39. The fourth-order valence-corrected chi connectivity index (χ4v) is 6.03. The minimum atomic E-state index is -0.381. The van der Waals surface area contributed by atoms with Gasteiger partial charge in [0.2, 0.25) is 0 Å². The molecule has 2 saturated heterocycles. The van der Waals surface area contributed by atoms with E-state index < -0.39 is 0 Å². The van der Waals surface area contributed by atoms with Crippen molar-refractivity contribution in [1.82, 2.24) is 9.80 Å². The van der Waals surface area contributed by atoms with Crippen molar-refractivity contribution in [3.8, 4) is 5.75 Å². The first-order valence-corrected chi connectivity index (χ1v) is 14.6. The monoisotopic (exact) mass is 582 g/mol. The fourth-order valence-electron chi connectivity index (χ4n) is 6.03. The quantitative estimate of drug-likeness (QED) is 0.297. The number of nitrogens with one attached hydrogen (secondary N) is 1. The van der Waals surface area contributed by atoms with E-state index in [9.17, 15) is 14.0 Å². The van der Waals surface area contributed by atoms with E-state index in [-0.39, 0.29) is 30.0 Å². The molecule has 2 heterocycles. The van der Waals surface area contributed by atoms with E-state index in [1.807, 2.05) is 48.5 Å². The summed E-state index contributed by atoms with van der Waals surface area (Å²) in [5.41, 5.74) is 2.20. The minimum absolute atomic E-state index is 0.176. The molecule has 8 nitrogen and oxygen atoms in total. The van der Waals surface area contributed by atoms with Crippen molar-refractivity contribution in [2.24, 2.45) is 0 Å². The maximum absolute atomic E-state index is 13.5. The molecule has 2 aliphatic heterocycles. The molecular weight excluding hydrogens is 547 g/mol. The molecule has 1 N–H and O–H groups in total. The molecule has 0 saturated carbocycles. The molecule has 2 aliphatic rings. The Morgan fingerprint density at radius 1 is 0.837 bits per heavy atom. The summed E-state index contributed by atoms with van der Waals surface area (Å²) >= 11 is 0. The zero-order valence-corrected chi connectivity index (χ0v) is 24.1. The highest BCUT2D eigenvalue weighted by molar-refractivity contribution is 6.04. The van der Waals surface area contributed by atoms with Crippen LogP contribution in [0.5, 0.6) is 5.75 Å². The second-order valence-electron chi connectivity index (χ2n) is 10.9. The molecule has 4 aromatic rings. The second kappa shape index (κ2) is 12.7. The number of piperidine rings is 1. The lowest BCUT2D eigenvalue weighted by molar-refractivity contribution is -0.0289. The van der Waals surface area contributed by atoms with Gasteiger partial charge >= 0.3 is 12.0 Å². The predicted molar refractivity (Wildman–Crippen MR) is 165 cm³/mol. The van der Waals surface area contributed by atoms with Crippen molar-refractivity contribution in [3.63, 3.8) is 0 Å². The number of hydrogen-bond donors (Lipinski definition) is 1. The van der Waals surface area contributed by atoms with Crippen LogP contribution in [-0.4, -0.2) is 80.3 Å². The van der Waals surface area contributed by atoms with E-state index in [4.69, 9.17) is 9.47 Å². The zero-order chi connectivity index (χ0) is 29.8. The summed E-state index contributed by atoms with van der Waals surface area (Å²) in [5.74, 6) is 0.105. The summed E-state index contributed by atoms with van der Waals surface area (Å²) in [7, 11) is 1.66. The number of benzene rings is 4. The zero-order valence-electron chi connectivity index (χ0n) is 24.1. The third-order valence-electron chi connectivity index (χ3n) is 8.39. The molecule has 2 amide bonds. The molecule has 0 aliphatic carbocycles. The van der Waals surface area contributed by atoms with Crippen molar-refractivity contribution >= 4 is 34.1 Å². The Kier molecular flexibility index (Phi) is 8.42. The number of likely N-dealkylation sites (tertiary alicyclic amines) is 1. The van der Waals surface area contributed by atoms with Crippen molar-refractivity contribution in [2.75, 3.05) is 56.6 Å². The van der Waals surface area contributed by atoms with E-state index in [0.29, 0.717) is 30.8 Å². The van der Waals surface area contributed by atoms with Gasteiger partial charge in [-0.3, -0.25) is 4.90 Å². The molecule has 0 spiro atoms. The fraction of sp³-hybridized carbons (Fsp3) is 0.294. The second-order valence-corrected chi connectivity index (χ2v) is 10.9. The lowest BCUT2D eigenvalue weighted by Crippen LogP contribution is -2.61. The predicted octanol–water partition coefficient (Wildman–Crippen LogP) is 5.64. The van der Waals surface area contributed by atoms with Crippen LogP contribution in [0.25, 0.3) is 10.8 Å². The Morgan fingerprint density at radius 2 is 1.56 bits per heavy atom. The normalized spacial score (nSPS) is 19.2. The Morgan fingerprint density at radius 3 is 2.30 bits per heavy atom. The molecular formula is C34H35FN4O4. The highest BCUT2D eigenvalue weighted by Crippen LogP contribution is 2.27. The van der Waals surface area contributed by atoms with Gasteiger partial charge in [0.1, 0.15) is 17.7 Å². The molecule has 0 bridgehead atoms. The summed E-state index contributed by atoms with van der Waals surface area (Å²) < 4.78 is 24.9. The topological polar surface area (TPSA) is 74.3 Å². The largest absolute Gasteiger partial charge is 0.497 e. The average molecular weight is 583 g/mol. The Hall–Kier alpha value is -4.63. The maximum Gasteiger partial charge on any atom is 0.339 e. The van der Waals surface area contributed by atoms with Crippen LogP contribution in [0, 0.1) is 5.82 Å². The molecule has 2 fully saturated rings. The molecule has 222 valence electrons. The van der Waals surface area contributed by atoms with Gasteiger partial charge in [-0.05, 0) is 65.4 Å². The molecule has 0 radical (unpaired) electrons. The lowest BCUT2D eigenvalue weighted by atomic mass is 9.99. The minimum Gasteiger partial charge on any atom is -0.497 e. The van der Waals surface area contributed by atoms with Crippen molar-refractivity contribution in [1.29, 1.82) is 0 Å². The number of methoxy groups -OCH3 is 1. The smallest absolute Gasteiger partial charge is 0.339 e. The lowest BCUT2D eigenvalue weighted by Gasteiger charge is -2.46. The van der Waals surface area contributed by atoms with Crippen LogP contribution in [-0.2, 0) is 4.74 Å². The maximum atomic E-state index is 13.5. The van der Waals surface area contributed by atoms with E-state index >= 15 is 0 Å². The number of anilines is 2.